The number of hydrogen-bond acceptors (Lipinski definition) is 4. The van der Waals surface area contributed by atoms with Gasteiger partial charge in [0, 0.05) is 6.04 Å². The minimum atomic E-state index is 0.162. The number of aromatic nitrogens is 2. The fourth-order valence-corrected chi connectivity index (χ4v) is 3.33. The summed E-state index contributed by atoms with van der Waals surface area (Å²) in [6.07, 6.45) is 8.42. The summed E-state index contributed by atoms with van der Waals surface area (Å²) in [5.74, 6) is 1.45. The summed E-state index contributed by atoms with van der Waals surface area (Å²) in [6.45, 7) is 2.28. The Balaban J connectivity index is 2.07. The van der Waals surface area contributed by atoms with Gasteiger partial charge in [-0.2, -0.15) is 0 Å². The van der Waals surface area contributed by atoms with E-state index in [1.54, 1.807) is 0 Å². The van der Waals surface area contributed by atoms with E-state index in [1.807, 2.05) is 6.20 Å². The zero-order valence-corrected chi connectivity index (χ0v) is 10.0. The lowest BCUT2D eigenvalue weighted by Crippen LogP contribution is -2.29. The van der Waals surface area contributed by atoms with Crippen molar-refractivity contribution in [1.29, 1.82) is 0 Å². The Morgan fingerprint density at radius 2 is 2.33 bits per heavy atom. The van der Waals surface area contributed by atoms with E-state index in [0.29, 0.717) is 5.92 Å². The van der Waals surface area contributed by atoms with Crippen molar-refractivity contribution in [2.45, 2.75) is 45.1 Å². The van der Waals surface area contributed by atoms with Crippen LogP contribution in [0.4, 0.5) is 0 Å². The van der Waals surface area contributed by atoms with Crippen LogP contribution < -0.4 is 5.73 Å². The van der Waals surface area contributed by atoms with E-state index in [2.05, 4.69) is 16.5 Å². The van der Waals surface area contributed by atoms with Crippen LogP contribution >= 0.6 is 11.5 Å². The Morgan fingerprint density at radius 1 is 1.53 bits per heavy atom. The first kappa shape index (κ1) is 11.0. The van der Waals surface area contributed by atoms with E-state index in [-0.39, 0.29) is 6.04 Å². The zero-order chi connectivity index (χ0) is 10.7. The topological polar surface area (TPSA) is 51.8 Å². The van der Waals surface area contributed by atoms with Gasteiger partial charge in [0.05, 0.1) is 11.1 Å². The van der Waals surface area contributed by atoms with Crippen molar-refractivity contribution >= 4 is 11.5 Å². The number of hydrogen-bond donors (Lipinski definition) is 1. The van der Waals surface area contributed by atoms with Gasteiger partial charge in [0.1, 0.15) is 0 Å². The average Bonchev–Trinajstić information content (AvgIpc) is 2.81. The van der Waals surface area contributed by atoms with Crippen LogP contribution in [-0.2, 0) is 0 Å². The van der Waals surface area contributed by atoms with Crippen LogP contribution in [0.3, 0.4) is 0 Å². The smallest absolute Gasteiger partial charge is 0.0669 e. The number of rotatable bonds is 3. The van der Waals surface area contributed by atoms with Crippen molar-refractivity contribution in [3.63, 3.8) is 0 Å². The highest BCUT2D eigenvalue weighted by Gasteiger charge is 2.30. The van der Waals surface area contributed by atoms with Crippen LogP contribution in [-0.4, -0.2) is 9.59 Å². The van der Waals surface area contributed by atoms with Gasteiger partial charge in [0.15, 0.2) is 0 Å². The minimum absolute atomic E-state index is 0.162. The van der Waals surface area contributed by atoms with Gasteiger partial charge in [-0.05, 0) is 29.8 Å². The summed E-state index contributed by atoms with van der Waals surface area (Å²) in [4.78, 5) is 1.15. The average molecular weight is 225 g/mol. The van der Waals surface area contributed by atoms with E-state index in [4.69, 9.17) is 5.73 Å². The molecule has 2 rings (SSSR count). The summed E-state index contributed by atoms with van der Waals surface area (Å²) in [7, 11) is 0. The first-order valence-corrected chi connectivity index (χ1v) is 6.63. The minimum Gasteiger partial charge on any atom is -0.323 e. The van der Waals surface area contributed by atoms with Crippen LogP contribution in [0.1, 0.15) is 49.9 Å². The predicted octanol–water partition coefficient (Wildman–Crippen LogP) is 2.75. The Hall–Kier alpha value is -0.480. The summed E-state index contributed by atoms with van der Waals surface area (Å²) >= 11 is 1.45. The molecule has 4 heteroatoms. The lowest BCUT2D eigenvalue weighted by molar-refractivity contribution is 0.198. The highest BCUT2D eigenvalue weighted by molar-refractivity contribution is 7.05. The maximum absolute atomic E-state index is 6.31. The second-order valence-corrected chi connectivity index (χ2v) is 5.28. The molecule has 2 N–H and O–H groups in total. The zero-order valence-electron chi connectivity index (χ0n) is 9.22. The van der Waals surface area contributed by atoms with Gasteiger partial charge in [-0.1, -0.05) is 37.1 Å². The maximum atomic E-state index is 6.31. The normalized spacial score (nSPS) is 28.9. The van der Waals surface area contributed by atoms with Gasteiger partial charge in [-0.15, -0.1) is 5.10 Å². The fourth-order valence-electron chi connectivity index (χ4n) is 2.75. The monoisotopic (exact) mass is 225 g/mol. The molecule has 1 aliphatic carbocycles. The van der Waals surface area contributed by atoms with Gasteiger partial charge < -0.3 is 5.73 Å². The van der Waals surface area contributed by atoms with E-state index in [1.165, 1.54) is 43.6 Å². The molecule has 84 valence electrons. The SMILES string of the molecule is CCC1CCCCC1C(N)c1cnns1. The molecule has 0 spiro atoms. The Labute approximate surface area is 95.2 Å². The molecule has 1 saturated carbocycles. The molecule has 1 heterocycles. The van der Waals surface area contributed by atoms with Crippen molar-refractivity contribution < 1.29 is 0 Å². The summed E-state index contributed by atoms with van der Waals surface area (Å²) < 4.78 is 3.90. The van der Waals surface area contributed by atoms with Gasteiger partial charge in [-0.3, -0.25) is 0 Å². The summed E-state index contributed by atoms with van der Waals surface area (Å²) in [5.41, 5.74) is 6.31. The first-order valence-electron chi connectivity index (χ1n) is 5.85. The van der Waals surface area contributed by atoms with Gasteiger partial charge in [0.2, 0.25) is 0 Å². The predicted molar refractivity (Wildman–Crippen MR) is 62.6 cm³/mol. The lowest BCUT2D eigenvalue weighted by Gasteiger charge is -2.34. The van der Waals surface area contributed by atoms with Gasteiger partial charge in [0.25, 0.3) is 0 Å². The summed E-state index contributed by atoms with van der Waals surface area (Å²) in [5, 5.41) is 3.88. The summed E-state index contributed by atoms with van der Waals surface area (Å²) in [6, 6.07) is 0.162. The number of nitrogens with zero attached hydrogens (tertiary/aromatic N) is 2. The molecule has 1 aromatic heterocycles. The molecule has 0 bridgehead atoms. The molecular weight excluding hydrogens is 206 g/mol. The van der Waals surface area contributed by atoms with Crippen LogP contribution in [0.15, 0.2) is 6.20 Å². The van der Waals surface area contributed by atoms with Crippen molar-refractivity contribution in [2.24, 2.45) is 17.6 Å². The number of nitrogens with two attached hydrogens (primary N) is 1. The third-order valence-corrected chi connectivity index (χ3v) is 4.42. The van der Waals surface area contributed by atoms with Gasteiger partial charge >= 0.3 is 0 Å². The van der Waals surface area contributed by atoms with Gasteiger partial charge in [-0.25, -0.2) is 0 Å². The quantitative estimate of drug-likeness (QED) is 0.860. The molecule has 3 unspecified atom stereocenters. The Morgan fingerprint density at radius 3 is 3.00 bits per heavy atom. The lowest BCUT2D eigenvalue weighted by atomic mass is 9.74. The molecule has 0 saturated heterocycles. The van der Waals surface area contributed by atoms with E-state index < -0.39 is 0 Å². The highest BCUT2D eigenvalue weighted by Crippen LogP contribution is 2.39. The second kappa shape index (κ2) is 5.03. The molecule has 1 fully saturated rings. The molecule has 3 nitrogen and oxygen atoms in total. The Bertz CT molecular complexity index is 286. The fraction of sp³-hybridized carbons (Fsp3) is 0.818. The van der Waals surface area contributed by atoms with Crippen molar-refractivity contribution in [1.82, 2.24) is 9.59 Å². The third kappa shape index (κ3) is 2.37. The molecule has 15 heavy (non-hydrogen) atoms. The maximum Gasteiger partial charge on any atom is 0.0669 e. The molecule has 0 aliphatic heterocycles. The molecule has 0 radical (unpaired) electrons. The standard InChI is InChI=1S/C11H19N3S/c1-2-8-5-3-4-6-9(8)11(12)10-7-13-14-15-10/h7-9,11H,2-6,12H2,1H3. The molecule has 0 amide bonds. The van der Waals surface area contributed by atoms with Crippen molar-refractivity contribution in [2.75, 3.05) is 0 Å². The third-order valence-electron chi connectivity index (χ3n) is 3.66. The van der Waals surface area contributed by atoms with Crippen molar-refractivity contribution in [3.8, 4) is 0 Å². The van der Waals surface area contributed by atoms with Crippen LogP contribution in [0.2, 0.25) is 0 Å². The van der Waals surface area contributed by atoms with Crippen LogP contribution in [0, 0.1) is 11.8 Å². The first-order chi connectivity index (χ1) is 7.33. The largest absolute Gasteiger partial charge is 0.323 e. The van der Waals surface area contributed by atoms with E-state index >= 15 is 0 Å². The molecule has 1 aromatic rings. The van der Waals surface area contributed by atoms with E-state index in [0.717, 1.165) is 10.8 Å². The van der Waals surface area contributed by atoms with Crippen LogP contribution in [0.5, 0.6) is 0 Å². The highest BCUT2D eigenvalue weighted by atomic mass is 32.1. The van der Waals surface area contributed by atoms with Crippen LogP contribution in [0.25, 0.3) is 0 Å². The van der Waals surface area contributed by atoms with Crippen molar-refractivity contribution in [3.05, 3.63) is 11.1 Å². The molecular formula is C11H19N3S. The Kier molecular flexibility index (Phi) is 3.70. The molecule has 3 atom stereocenters. The second-order valence-electron chi connectivity index (χ2n) is 4.46. The molecule has 0 aromatic carbocycles. The molecule has 1 aliphatic rings. The van der Waals surface area contributed by atoms with E-state index in [9.17, 15) is 0 Å².